The Morgan fingerprint density at radius 1 is 1.14 bits per heavy atom. The van der Waals surface area contributed by atoms with Gasteiger partial charge in [0.15, 0.2) is 5.13 Å². The fourth-order valence-corrected chi connectivity index (χ4v) is 5.28. The zero-order valence-electron chi connectivity index (χ0n) is 12.0. The third-order valence-electron chi connectivity index (χ3n) is 5.19. The number of anilines is 1. The molecule has 5 heteroatoms. The first-order valence-electron chi connectivity index (χ1n) is 7.57. The van der Waals surface area contributed by atoms with Gasteiger partial charge in [0, 0.05) is 0 Å². The molecule has 1 aromatic carbocycles. The molecule has 4 atom stereocenters. The summed E-state index contributed by atoms with van der Waals surface area (Å²) in [7, 11) is 0. The lowest BCUT2D eigenvalue weighted by Gasteiger charge is -2.14. The Morgan fingerprint density at radius 2 is 1.82 bits per heavy atom. The predicted octanol–water partition coefficient (Wildman–Crippen LogP) is 2.92. The SMILES string of the molecule is Cc1ccc2nc(N3C(=O)C4C5C=CC(C5)C4C3=O)sc2c1. The minimum absolute atomic E-state index is 0.0531. The van der Waals surface area contributed by atoms with E-state index in [2.05, 4.69) is 17.1 Å². The molecule has 1 aromatic heterocycles. The molecule has 0 spiro atoms. The highest BCUT2D eigenvalue weighted by Gasteiger charge is 2.60. The normalized spacial score (nSPS) is 32.5. The largest absolute Gasteiger partial charge is 0.274 e. The van der Waals surface area contributed by atoms with Crippen molar-refractivity contribution < 1.29 is 9.59 Å². The first kappa shape index (κ1) is 12.5. The first-order valence-corrected chi connectivity index (χ1v) is 8.38. The van der Waals surface area contributed by atoms with E-state index in [0.29, 0.717) is 5.13 Å². The van der Waals surface area contributed by atoms with Crippen molar-refractivity contribution in [1.82, 2.24) is 4.98 Å². The second-order valence-electron chi connectivity index (χ2n) is 6.48. The second-order valence-corrected chi connectivity index (χ2v) is 7.49. The van der Waals surface area contributed by atoms with E-state index < -0.39 is 0 Å². The lowest BCUT2D eigenvalue weighted by Crippen LogP contribution is -2.32. The second kappa shape index (κ2) is 4.04. The van der Waals surface area contributed by atoms with Crippen molar-refractivity contribution in [3.05, 3.63) is 35.9 Å². The molecular weight excluding hydrogens is 296 g/mol. The molecule has 1 saturated carbocycles. The van der Waals surface area contributed by atoms with Crippen molar-refractivity contribution >= 4 is 38.5 Å². The quantitative estimate of drug-likeness (QED) is 0.601. The van der Waals surface area contributed by atoms with Gasteiger partial charge in [0.25, 0.3) is 0 Å². The molecule has 2 heterocycles. The van der Waals surface area contributed by atoms with Gasteiger partial charge in [-0.05, 0) is 42.9 Å². The minimum Gasteiger partial charge on any atom is -0.274 e. The lowest BCUT2D eigenvalue weighted by atomic mass is 9.85. The molecule has 1 saturated heterocycles. The van der Waals surface area contributed by atoms with Crippen molar-refractivity contribution in [3.63, 3.8) is 0 Å². The molecule has 2 bridgehead atoms. The number of hydrogen-bond acceptors (Lipinski definition) is 4. The van der Waals surface area contributed by atoms with Gasteiger partial charge in [0.2, 0.25) is 11.8 Å². The number of hydrogen-bond donors (Lipinski definition) is 0. The molecule has 0 radical (unpaired) electrons. The molecule has 4 nitrogen and oxygen atoms in total. The number of rotatable bonds is 1. The molecule has 110 valence electrons. The summed E-state index contributed by atoms with van der Waals surface area (Å²) in [5, 5.41) is 0.532. The van der Waals surface area contributed by atoms with Crippen LogP contribution in [0.1, 0.15) is 12.0 Å². The van der Waals surface area contributed by atoms with E-state index in [0.717, 1.165) is 22.2 Å². The number of allylic oxidation sites excluding steroid dienone is 2. The molecule has 2 amide bonds. The average molecular weight is 310 g/mol. The summed E-state index contributed by atoms with van der Waals surface area (Å²) in [6.07, 6.45) is 5.18. The van der Waals surface area contributed by atoms with Crippen LogP contribution in [0, 0.1) is 30.6 Å². The average Bonchev–Trinajstić information content (AvgIpc) is 3.21. The number of amides is 2. The number of fused-ring (bicyclic) bond motifs is 6. The van der Waals surface area contributed by atoms with E-state index in [9.17, 15) is 9.59 Å². The summed E-state index contributed by atoms with van der Waals surface area (Å²) < 4.78 is 1.02. The van der Waals surface area contributed by atoms with Gasteiger partial charge in [-0.15, -0.1) is 0 Å². The molecular formula is C17H14N2O2S. The van der Waals surface area contributed by atoms with Crippen molar-refractivity contribution in [2.45, 2.75) is 13.3 Å². The Morgan fingerprint density at radius 3 is 2.50 bits per heavy atom. The molecule has 4 unspecified atom stereocenters. The van der Waals surface area contributed by atoms with Gasteiger partial charge in [0.1, 0.15) is 0 Å². The highest BCUT2D eigenvalue weighted by Crippen LogP contribution is 2.53. The van der Waals surface area contributed by atoms with Crippen LogP contribution in [0.2, 0.25) is 0 Å². The number of imide groups is 1. The van der Waals surface area contributed by atoms with Crippen molar-refractivity contribution in [1.29, 1.82) is 0 Å². The van der Waals surface area contributed by atoms with E-state index in [1.807, 2.05) is 25.1 Å². The number of aryl methyl sites for hydroxylation is 1. The highest BCUT2D eigenvalue weighted by atomic mass is 32.1. The van der Waals surface area contributed by atoms with E-state index in [-0.39, 0.29) is 35.5 Å². The summed E-state index contributed by atoms with van der Waals surface area (Å²) in [5.74, 6) is 0.0684. The summed E-state index contributed by atoms with van der Waals surface area (Å²) in [6.45, 7) is 2.03. The van der Waals surface area contributed by atoms with Crippen LogP contribution < -0.4 is 4.90 Å². The molecule has 0 N–H and O–H groups in total. The number of aromatic nitrogens is 1. The molecule has 3 aliphatic rings. The van der Waals surface area contributed by atoms with Gasteiger partial charge >= 0.3 is 0 Å². The Labute approximate surface area is 131 Å². The number of benzene rings is 1. The summed E-state index contributed by atoms with van der Waals surface area (Å²) >= 11 is 1.43. The van der Waals surface area contributed by atoms with E-state index in [4.69, 9.17) is 0 Å². The van der Waals surface area contributed by atoms with Crippen LogP contribution in [0.4, 0.5) is 5.13 Å². The smallest absolute Gasteiger partial charge is 0.240 e. The Balaban J connectivity index is 1.60. The van der Waals surface area contributed by atoms with E-state index in [1.54, 1.807) is 0 Å². The van der Waals surface area contributed by atoms with Crippen molar-refractivity contribution in [2.24, 2.45) is 23.7 Å². The molecule has 5 rings (SSSR count). The summed E-state index contributed by atoms with van der Waals surface area (Å²) in [5.41, 5.74) is 2.00. The van der Waals surface area contributed by atoms with Gasteiger partial charge < -0.3 is 0 Å². The molecule has 2 fully saturated rings. The van der Waals surface area contributed by atoms with Crippen LogP contribution >= 0.6 is 11.3 Å². The van der Waals surface area contributed by atoms with Gasteiger partial charge in [-0.1, -0.05) is 29.6 Å². The number of carbonyl (C=O) groups excluding carboxylic acids is 2. The Bertz CT molecular complexity index is 839. The molecule has 1 aliphatic heterocycles. The molecule has 2 aromatic rings. The molecule has 22 heavy (non-hydrogen) atoms. The number of thiazole rings is 1. The Kier molecular flexibility index (Phi) is 2.30. The van der Waals surface area contributed by atoms with Crippen LogP contribution in [0.3, 0.4) is 0 Å². The lowest BCUT2D eigenvalue weighted by molar-refractivity contribution is -0.123. The fraction of sp³-hybridized carbons (Fsp3) is 0.353. The van der Waals surface area contributed by atoms with Crippen LogP contribution in [-0.2, 0) is 9.59 Å². The van der Waals surface area contributed by atoms with Crippen LogP contribution in [0.25, 0.3) is 10.2 Å². The minimum atomic E-state index is -0.156. The van der Waals surface area contributed by atoms with Gasteiger partial charge in [-0.3, -0.25) is 9.59 Å². The highest BCUT2D eigenvalue weighted by molar-refractivity contribution is 7.22. The van der Waals surface area contributed by atoms with Gasteiger partial charge in [-0.25, -0.2) is 9.88 Å². The Hall–Kier alpha value is -2.01. The van der Waals surface area contributed by atoms with Crippen LogP contribution in [0.15, 0.2) is 30.4 Å². The maximum atomic E-state index is 12.8. The van der Waals surface area contributed by atoms with Crippen LogP contribution in [-0.4, -0.2) is 16.8 Å². The summed E-state index contributed by atoms with van der Waals surface area (Å²) in [6, 6.07) is 5.99. The number of carbonyl (C=O) groups is 2. The third-order valence-corrected chi connectivity index (χ3v) is 6.20. The molecule has 2 aliphatic carbocycles. The zero-order chi connectivity index (χ0) is 15.0. The first-order chi connectivity index (χ1) is 10.6. The van der Waals surface area contributed by atoms with E-state index in [1.165, 1.54) is 16.2 Å². The maximum Gasteiger partial charge on any atom is 0.240 e. The predicted molar refractivity (Wildman–Crippen MR) is 84.6 cm³/mol. The zero-order valence-corrected chi connectivity index (χ0v) is 12.8. The standard InChI is InChI=1S/C17H14N2O2S/c1-8-2-5-11-12(6-8)22-17(18-11)19-15(20)13-9-3-4-10(7-9)14(13)16(19)21/h2-6,9-10,13-14H,7H2,1H3. The van der Waals surface area contributed by atoms with E-state index >= 15 is 0 Å². The fourth-order valence-electron chi connectivity index (χ4n) is 4.21. The third kappa shape index (κ3) is 1.44. The van der Waals surface area contributed by atoms with Crippen molar-refractivity contribution in [2.75, 3.05) is 4.90 Å². The van der Waals surface area contributed by atoms with Crippen molar-refractivity contribution in [3.8, 4) is 0 Å². The monoisotopic (exact) mass is 310 g/mol. The maximum absolute atomic E-state index is 12.8. The van der Waals surface area contributed by atoms with Gasteiger partial charge in [0.05, 0.1) is 22.1 Å². The topological polar surface area (TPSA) is 50.3 Å². The number of nitrogens with zero attached hydrogens (tertiary/aromatic N) is 2. The van der Waals surface area contributed by atoms with Crippen LogP contribution in [0.5, 0.6) is 0 Å². The summed E-state index contributed by atoms with van der Waals surface area (Å²) in [4.78, 5) is 31.4. The van der Waals surface area contributed by atoms with Gasteiger partial charge in [-0.2, -0.15) is 0 Å².